The van der Waals surface area contributed by atoms with E-state index < -0.39 is 92.1 Å². The molecule has 14 nitrogen and oxygen atoms in total. The van der Waals surface area contributed by atoms with Crippen LogP contribution in [0.1, 0.15) is 21.5 Å². The van der Waals surface area contributed by atoms with Crippen molar-refractivity contribution >= 4 is 67.6 Å². The fourth-order valence-electron chi connectivity index (χ4n) is 6.06. The Kier molecular flexibility index (Phi) is 18.3. The Balaban J connectivity index is 0.000000172. The first kappa shape index (κ1) is 53.9. The number of nitriles is 1. The normalized spacial score (nSPS) is 10.4. The number of phenolic OH excluding ortho intramolecular Hbond substituents is 1. The van der Waals surface area contributed by atoms with Gasteiger partial charge in [0.05, 0.1) is 28.5 Å². The zero-order valence-corrected chi connectivity index (χ0v) is 37.4. The number of benzene rings is 6. The number of thioether (sulfide) groups is 1. The minimum atomic E-state index is -1.08. The second-order valence-corrected chi connectivity index (χ2v) is 14.8. The molecule has 0 fully saturated rings. The zero-order valence-electron chi connectivity index (χ0n) is 36.6. The Morgan fingerprint density at radius 1 is 0.625 bits per heavy atom. The minimum absolute atomic E-state index is 0.0318. The van der Waals surface area contributed by atoms with Crippen molar-refractivity contribution in [3.05, 3.63) is 189 Å². The number of hydrogen-bond acceptors (Lipinski definition) is 13. The first-order chi connectivity index (χ1) is 34.3. The van der Waals surface area contributed by atoms with Crippen LogP contribution in [0.2, 0.25) is 0 Å². The second-order valence-electron chi connectivity index (χ2n) is 14.1. The van der Waals surface area contributed by atoms with Gasteiger partial charge in [0.1, 0.15) is 127 Å². The number of carbonyl (C=O) groups is 1. The van der Waals surface area contributed by atoms with Crippen LogP contribution in [0.5, 0.6) is 5.75 Å². The van der Waals surface area contributed by atoms with Gasteiger partial charge in [0.15, 0.2) is 0 Å². The molecule has 0 aliphatic carbocycles. The number of phenols is 1. The van der Waals surface area contributed by atoms with Crippen LogP contribution < -0.4 is 28.1 Å². The van der Waals surface area contributed by atoms with Crippen LogP contribution in [-0.2, 0) is 6.42 Å². The van der Waals surface area contributed by atoms with Gasteiger partial charge in [0, 0.05) is 6.54 Å². The van der Waals surface area contributed by atoms with E-state index in [1.165, 1.54) is 30.5 Å². The summed E-state index contributed by atoms with van der Waals surface area (Å²) >= 11 is 1.26. The lowest BCUT2D eigenvalue weighted by atomic mass is 10.1. The number of nitrogens with zero attached hydrogens (tertiary/aromatic N) is 6. The maximum absolute atomic E-state index is 13.9. The highest BCUT2D eigenvalue weighted by molar-refractivity contribution is 7.98. The van der Waals surface area contributed by atoms with Crippen molar-refractivity contribution in [3.63, 3.8) is 0 Å². The van der Waals surface area contributed by atoms with Gasteiger partial charge >= 0.3 is 0 Å². The van der Waals surface area contributed by atoms with E-state index in [2.05, 4.69) is 35.2 Å². The fraction of sp³-hybridized carbons (Fsp3) is 0.0638. The largest absolute Gasteiger partial charge is 0.508 e. The van der Waals surface area contributed by atoms with Crippen molar-refractivity contribution in [2.24, 2.45) is 5.73 Å². The van der Waals surface area contributed by atoms with Gasteiger partial charge < -0.3 is 32.6 Å². The van der Waals surface area contributed by atoms with Gasteiger partial charge in [-0.25, -0.2) is 68.8 Å². The number of nitrogens with one attached hydrogen (secondary N) is 2. The van der Waals surface area contributed by atoms with E-state index >= 15 is 0 Å². The molecular formula is C47H33F10N11O3S. The number of aromatic nitrogens is 6. The SMILES string of the molecule is CSc1ncnc2c(F)ccc(F)c12.N#Cc1c(F)ccc(F)c1N.NC(=O)c1c(F)ccc(F)c1N.O=c1[nH]cnc2c(F)ccc(F)c12.Oc1ccc(CCNc2ncnc3c(F)ccc(F)c23)cc1. The van der Waals surface area contributed by atoms with Gasteiger partial charge in [-0.2, -0.15) is 5.26 Å². The molecule has 0 saturated carbocycles. The number of aromatic amines is 1. The highest BCUT2D eigenvalue weighted by Gasteiger charge is 2.17. The Hall–Kier alpha value is -9.05. The molecule has 3 aromatic heterocycles. The van der Waals surface area contributed by atoms with E-state index in [1.54, 1.807) is 30.5 Å². The lowest BCUT2D eigenvalue weighted by molar-refractivity contribution is 0.0997. The molecule has 0 unspecified atom stereocenters. The summed E-state index contributed by atoms with van der Waals surface area (Å²) in [6.07, 6.45) is 5.88. The van der Waals surface area contributed by atoms with Gasteiger partial charge in [-0.15, -0.1) is 11.8 Å². The molecule has 1 amide bonds. The topological polar surface area (TPSA) is 248 Å². The van der Waals surface area contributed by atoms with Crippen molar-refractivity contribution < 1.29 is 53.8 Å². The standard InChI is InChI=1S/C16H13F2N3O.C9H6F2N2S.C8H4F2N2O.C7H6F2N2O.C7H4F2N2/c17-12-5-6-13(18)15-14(12)16(21-9-20-15)19-8-7-10-1-3-11(22)4-2-10;1-14-9-7-5(10)2-3-6(11)8(7)12-4-13-9;9-4-1-2-5(10)7-6(4)8(13)12-3-11-7;8-3-1-2-4(9)6(10)5(3)7(11)12;8-5-1-2-6(9)7(11)4(5)3-10/h1-6,9,22H,7-8H2,(H,19,20,21);2-4H,1H3;1-3H,(H,11,12,13);1-2H,10H2,(H2,11,12);1-2H,11H2. The van der Waals surface area contributed by atoms with E-state index in [-0.39, 0.29) is 44.3 Å². The monoisotopic (exact) mass is 1020 g/mol. The third-order valence-electron chi connectivity index (χ3n) is 9.51. The van der Waals surface area contributed by atoms with E-state index in [4.69, 9.17) is 22.5 Å². The van der Waals surface area contributed by atoms with Crippen molar-refractivity contribution in [3.8, 4) is 11.8 Å². The molecule has 0 atom stereocenters. The van der Waals surface area contributed by atoms with Crippen molar-refractivity contribution in [1.29, 1.82) is 5.26 Å². The molecule has 0 saturated heterocycles. The van der Waals surface area contributed by atoms with Gasteiger partial charge in [-0.1, -0.05) is 12.1 Å². The third-order valence-corrected chi connectivity index (χ3v) is 10.2. The average Bonchev–Trinajstić information content (AvgIpc) is 3.36. The number of primary amides is 1. The van der Waals surface area contributed by atoms with Gasteiger partial charge in [-0.05, 0) is 91.0 Å². The molecule has 9 rings (SSSR count). The summed E-state index contributed by atoms with van der Waals surface area (Å²) in [7, 11) is 0. The Morgan fingerprint density at radius 2 is 1.10 bits per heavy atom. The number of anilines is 3. The maximum Gasteiger partial charge on any atom is 0.261 e. The summed E-state index contributed by atoms with van der Waals surface area (Å²) in [6, 6.07) is 17.7. The molecule has 0 aliphatic rings. The maximum atomic E-state index is 13.9. The summed E-state index contributed by atoms with van der Waals surface area (Å²) < 4.78 is 131. The van der Waals surface area contributed by atoms with Crippen LogP contribution in [-0.4, -0.2) is 53.7 Å². The number of nitrogen functional groups attached to an aromatic ring is 2. The molecule has 9 aromatic rings. The van der Waals surface area contributed by atoms with Crippen LogP contribution in [0.25, 0.3) is 32.7 Å². The van der Waals surface area contributed by atoms with Crippen LogP contribution >= 0.6 is 11.8 Å². The minimum Gasteiger partial charge on any atom is -0.508 e. The van der Waals surface area contributed by atoms with Crippen molar-refractivity contribution in [1.82, 2.24) is 29.9 Å². The highest BCUT2D eigenvalue weighted by Crippen LogP contribution is 2.27. The number of H-pyrrole nitrogens is 1. The molecular weight excluding hydrogens is 989 g/mol. The molecule has 25 heteroatoms. The molecule has 370 valence electrons. The Labute approximate surface area is 403 Å². The van der Waals surface area contributed by atoms with Gasteiger partial charge in [0.2, 0.25) is 0 Å². The van der Waals surface area contributed by atoms with Crippen LogP contribution in [0, 0.1) is 69.5 Å². The summed E-state index contributed by atoms with van der Waals surface area (Å²) in [5, 5.41) is 20.8. The highest BCUT2D eigenvalue weighted by atomic mass is 32.2. The number of fused-ring (bicyclic) bond motifs is 3. The third kappa shape index (κ3) is 13.0. The zero-order chi connectivity index (χ0) is 52.8. The number of hydrogen-bond donors (Lipinski definition) is 6. The Bertz CT molecular complexity index is 3530. The smallest absolute Gasteiger partial charge is 0.261 e. The molecule has 0 radical (unpaired) electrons. The van der Waals surface area contributed by atoms with E-state index in [0.29, 0.717) is 18.0 Å². The second kappa shape index (κ2) is 24.5. The van der Waals surface area contributed by atoms with Gasteiger partial charge in [0.25, 0.3) is 11.5 Å². The number of amides is 1. The van der Waals surface area contributed by atoms with Crippen LogP contribution in [0.4, 0.5) is 61.1 Å². The number of halogens is 10. The number of nitrogens with two attached hydrogens (primary N) is 3. The van der Waals surface area contributed by atoms with Crippen LogP contribution in [0.15, 0.2) is 114 Å². The fourth-order valence-corrected chi connectivity index (χ4v) is 6.61. The predicted molar refractivity (Wildman–Crippen MR) is 248 cm³/mol. The van der Waals surface area contributed by atoms with Crippen molar-refractivity contribution in [2.75, 3.05) is 29.6 Å². The summed E-state index contributed by atoms with van der Waals surface area (Å²) in [5.41, 5.74) is 12.9. The summed E-state index contributed by atoms with van der Waals surface area (Å²) in [4.78, 5) is 42.6. The number of carbonyl (C=O) groups excluding carboxylic acids is 1. The number of rotatable bonds is 6. The number of aromatic hydroxyl groups is 1. The molecule has 9 N–H and O–H groups in total. The Morgan fingerprint density at radius 3 is 1.62 bits per heavy atom. The lowest BCUT2D eigenvalue weighted by Crippen LogP contribution is -2.16. The first-order valence-electron chi connectivity index (χ1n) is 20.0. The summed E-state index contributed by atoms with van der Waals surface area (Å²) in [6.45, 7) is 0.493. The first-order valence-corrected chi connectivity index (χ1v) is 21.2. The molecule has 0 bridgehead atoms. The molecule has 6 aromatic carbocycles. The van der Waals surface area contributed by atoms with E-state index in [9.17, 15) is 58.6 Å². The van der Waals surface area contributed by atoms with Crippen LogP contribution in [0.3, 0.4) is 0 Å². The lowest BCUT2D eigenvalue weighted by Gasteiger charge is -2.09. The molecule has 0 aliphatic heterocycles. The van der Waals surface area contributed by atoms with E-state index in [0.717, 1.165) is 72.6 Å². The van der Waals surface area contributed by atoms with Crippen molar-refractivity contribution in [2.45, 2.75) is 11.4 Å². The molecule has 72 heavy (non-hydrogen) atoms. The predicted octanol–water partition coefficient (Wildman–Crippen LogP) is 9.16. The van der Waals surface area contributed by atoms with Gasteiger partial charge in [-0.3, -0.25) is 9.59 Å². The quantitative estimate of drug-likeness (QED) is 0.0394. The molecule has 3 heterocycles. The summed E-state index contributed by atoms with van der Waals surface area (Å²) in [5.74, 6) is -7.61. The average molecular weight is 1020 g/mol. The molecule has 0 spiro atoms. The van der Waals surface area contributed by atoms with E-state index in [1.807, 2.05) is 0 Å².